The van der Waals surface area contributed by atoms with Gasteiger partial charge in [-0.05, 0) is 49.6 Å². The first kappa shape index (κ1) is 19.9. The molecule has 0 saturated heterocycles. The summed E-state index contributed by atoms with van der Waals surface area (Å²) in [7, 11) is 0. The molecule has 0 radical (unpaired) electrons. The van der Waals surface area contributed by atoms with E-state index in [0.717, 1.165) is 0 Å². The molecule has 2 aromatic rings. The number of nitrogens with zero attached hydrogens (tertiary/aromatic N) is 1. The number of hydrogen-bond acceptors (Lipinski definition) is 5. The SMILES string of the molecule is Cc1cc(C(=O)NC(C)c2cccc([N+](=O)[O-])c2)cc(C)c1OCC(=O)O. The van der Waals surface area contributed by atoms with Crippen molar-refractivity contribution in [2.45, 2.75) is 26.8 Å². The standard InChI is InChI=1S/C19H20N2O6/c1-11-7-15(8-12(2)18(11)27-10-17(22)23)19(24)20-13(3)14-5-4-6-16(9-14)21(25)26/h4-9,13H,10H2,1-3H3,(H,20,24)(H,22,23). The summed E-state index contributed by atoms with van der Waals surface area (Å²) < 4.78 is 5.25. The highest BCUT2D eigenvalue weighted by Crippen LogP contribution is 2.25. The Bertz CT molecular complexity index is 871. The summed E-state index contributed by atoms with van der Waals surface area (Å²) in [6.45, 7) is 4.73. The maximum Gasteiger partial charge on any atom is 0.341 e. The zero-order chi connectivity index (χ0) is 20.1. The number of ether oxygens (including phenoxy) is 1. The Balaban J connectivity index is 2.17. The molecule has 1 unspecified atom stereocenters. The molecule has 0 spiro atoms. The minimum Gasteiger partial charge on any atom is -0.481 e. The van der Waals surface area contributed by atoms with E-state index in [2.05, 4.69) is 5.32 Å². The van der Waals surface area contributed by atoms with E-state index in [-0.39, 0.29) is 11.6 Å². The number of aryl methyl sites for hydroxylation is 2. The normalized spacial score (nSPS) is 11.5. The third kappa shape index (κ3) is 5.04. The number of nitro benzene ring substituents is 1. The van der Waals surface area contributed by atoms with Gasteiger partial charge in [-0.3, -0.25) is 14.9 Å². The predicted octanol–water partition coefficient (Wildman–Crippen LogP) is 3.17. The quantitative estimate of drug-likeness (QED) is 0.569. The van der Waals surface area contributed by atoms with Crippen molar-refractivity contribution in [3.05, 3.63) is 68.8 Å². The van der Waals surface area contributed by atoms with Crippen molar-refractivity contribution < 1.29 is 24.4 Å². The largest absolute Gasteiger partial charge is 0.481 e. The molecule has 2 aromatic carbocycles. The van der Waals surface area contributed by atoms with E-state index in [0.29, 0.717) is 28.0 Å². The number of carboxylic acids is 1. The zero-order valence-corrected chi connectivity index (χ0v) is 15.2. The van der Waals surface area contributed by atoms with E-state index in [9.17, 15) is 19.7 Å². The minimum atomic E-state index is -1.08. The van der Waals surface area contributed by atoms with E-state index >= 15 is 0 Å². The Kier molecular flexibility index (Phi) is 6.12. The third-order valence-electron chi connectivity index (χ3n) is 3.99. The van der Waals surface area contributed by atoms with Crippen molar-refractivity contribution in [1.82, 2.24) is 5.32 Å². The van der Waals surface area contributed by atoms with Gasteiger partial charge < -0.3 is 15.2 Å². The molecule has 0 aliphatic rings. The summed E-state index contributed by atoms with van der Waals surface area (Å²) in [4.78, 5) is 33.6. The van der Waals surface area contributed by atoms with Gasteiger partial charge in [0.05, 0.1) is 11.0 Å². The molecule has 0 heterocycles. The van der Waals surface area contributed by atoms with Gasteiger partial charge in [-0.15, -0.1) is 0 Å². The Morgan fingerprint density at radius 1 is 1.22 bits per heavy atom. The van der Waals surface area contributed by atoms with Gasteiger partial charge >= 0.3 is 5.97 Å². The predicted molar refractivity (Wildman–Crippen MR) is 98.0 cm³/mol. The molecule has 0 bridgehead atoms. The Hall–Kier alpha value is -3.42. The van der Waals surface area contributed by atoms with Crippen molar-refractivity contribution in [2.75, 3.05) is 6.61 Å². The average molecular weight is 372 g/mol. The summed E-state index contributed by atoms with van der Waals surface area (Å²) in [6, 6.07) is 8.88. The summed E-state index contributed by atoms with van der Waals surface area (Å²) in [5.41, 5.74) is 2.26. The highest BCUT2D eigenvalue weighted by atomic mass is 16.6. The van der Waals surface area contributed by atoms with Crippen molar-refractivity contribution >= 4 is 17.6 Å². The lowest BCUT2D eigenvalue weighted by molar-refractivity contribution is -0.384. The van der Waals surface area contributed by atoms with Crippen LogP contribution in [0, 0.1) is 24.0 Å². The van der Waals surface area contributed by atoms with Gasteiger partial charge in [0.2, 0.25) is 0 Å². The van der Waals surface area contributed by atoms with E-state index in [4.69, 9.17) is 9.84 Å². The van der Waals surface area contributed by atoms with Crippen LogP contribution in [-0.4, -0.2) is 28.5 Å². The van der Waals surface area contributed by atoms with Crippen LogP contribution in [0.3, 0.4) is 0 Å². The molecule has 0 aliphatic carbocycles. The van der Waals surface area contributed by atoms with Crippen LogP contribution >= 0.6 is 0 Å². The van der Waals surface area contributed by atoms with Gasteiger partial charge in [0, 0.05) is 17.7 Å². The highest BCUT2D eigenvalue weighted by Gasteiger charge is 2.17. The van der Waals surface area contributed by atoms with Gasteiger partial charge in [-0.2, -0.15) is 0 Å². The number of rotatable bonds is 7. The Labute approximate surface area is 155 Å². The number of nitrogens with one attached hydrogen (secondary N) is 1. The Morgan fingerprint density at radius 2 is 1.85 bits per heavy atom. The van der Waals surface area contributed by atoms with Crippen LogP contribution in [0.1, 0.15) is 40.0 Å². The lowest BCUT2D eigenvalue weighted by Crippen LogP contribution is -2.27. The number of non-ortho nitro benzene ring substituents is 1. The summed E-state index contributed by atoms with van der Waals surface area (Å²) in [5, 5.41) is 22.4. The fourth-order valence-corrected chi connectivity index (χ4v) is 2.71. The lowest BCUT2D eigenvalue weighted by Gasteiger charge is -2.16. The third-order valence-corrected chi connectivity index (χ3v) is 3.99. The molecule has 0 aliphatic heterocycles. The van der Waals surface area contributed by atoms with Gasteiger partial charge in [0.25, 0.3) is 11.6 Å². The fourth-order valence-electron chi connectivity index (χ4n) is 2.71. The molecule has 0 aromatic heterocycles. The first-order valence-electron chi connectivity index (χ1n) is 8.20. The molecule has 0 saturated carbocycles. The summed E-state index contributed by atoms with van der Waals surface area (Å²) >= 11 is 0. The maximum atomic E-state index is 12.5. The maximum absolute atomic E-state index is 12.5. The number of carbonyl (C=O) groups excluding carboxylic acids is 1. The van der Waals surface area contributed by atoms with Crippen molar-refractivity contribution in [1.29, 1.82) is 0 Å². The number of hydrogen-bond donors (Lipinski definition) is 2. The first-order chi connectivity index (χ1) is 12.7. The number of amides is 1. The Morgan fingerprint density at radius 3 is 2.41 bits per heavy atom. The minimum absolute atomic E-state index is 0.0415. The van der Waals surface area contributed by atoms with Gasteiger partial charge in [0.1, 0.15) is 5.75 Å². The number of benzene rings is 2. The monoisotopic (exact) mass is 372 g/mol. The lowest BCUT2D eigenvalue weighted by atomic mass is 10.0. The fraction of sp³-hybridized carbons (Fsp3) is 0.263. The van der Waals surface area contributed by atoms with Gasteiger partial charge in [-0.25, -0.2) is 4.79 Å². The molecule has 0 fully saturated rings. The first-order valence-corrected chi connectivity index (χ1v) is 8.20. The van der Waals surface area contributed by atoms with E-state index in [1.165, 1.54) is 12.1 Å². The highest BCUT2D eigenvalue weighted by molar-refractivity contribution is 5.95. The van der Waals surface area contributed by atoms with Crippen molar-refractivity contribution in [2.24, 2.45) is 0 Å². The molecule has 142 valence electrons. The molecular weight excluding hydrogens is 352 g/mol. The number of aliphatic carboxylic acids is 1. The average Bonchev–Trinajstić information content (AvgIpc) is 2.60. The molecule has 27 heavy (non-hydrogen) atoms. The smallest absolute Gasteiger partial charge is 0.341 e. The molecule has 1 amide bonds. The van der Waals surface area contributed by atoms with E-state index in [1.807, 2.05) is 0 Å². The van der Waals surface area contributed by atoms with Gasteiger partial charge in [-0.1, -0.05) is 12.1 Å². The van der Waals surface area contributed by atoms with Crippen LogP contribution in [0.5, 0.6) is 5.75 Å². The molecular formula is C19H20N2O6. The van der Waals surface area contributed by atoms with Crippen LogP contribution < -0.4 is 10.1 Å². The second kappa shape index (κ2) is 8.31. The number of nitro groups is 1. The van der Waals surface area contributed by atoms with Crippen LogP contribution in [-0.2, 0) is 4.79 Å². The molecule has 8 heteroatoms. The second-order valence-corrected chi connectivity index (χ2v) is 6.17. The van der Waals surface area contributed by atoms with Crippen LogP contribution in [0.15, 0.2) is 36.4 Å². The van der Waals surface area contributed by atoms with E-state index in [1.54, 1.807) is 45.0 Å². The van der Waals surface area contributed by atoms with Crippen molar-refractivity contribution in [3.8, 4) is 5.75 Å². The molecule has 1 atom stereocenters. The topological polar surface area (TPSA) is 119 Å². The van der Waals surface area contributed by atoms with Gasteiger partial charge in [0.15, 0.2) is 6.61 Å². The van der Waals surface area contributed by atoms with E-state index < -0.39 is 23.5 Å². The molecule has 8 nitrogen and oxygen atoms in total. The van der Waals surface area contributed by atoms with Crippen molar-refractivity contribution in [3.63, 3.8) is 0 Å². The summed E-state index contributed by atoms with van der Waals surface area (Å²) in [6.07, 6.45) is 0. The zero-order valence-electron chi connectivity index (χ0n) is 15.2. The molecule has 2 N–H and O–H groups in total. The van der Waals surface area contributed by atoms with Crippen LogP contribution in [0.25, 0.3) is 0 Å². The molecule has 2 rings (SSSR count). The second-order valence-electron chi connectivity index (χ2n) is 6.17. The van der Waals surface area contributed by atoms with Crippen LogP contribution in [0.2, 0.25) is 0 Å². The number of carbonyl (C=O) groups is 2. The number of carboxylic acid groups (broad SMARTS) is 1. The summed E-state index contributed by atoms with van der Waals surface area (Å²) in [5.74, 6) is -0.993. The van der Waals surface area contributed by atoms with Crippen LogP contribution in [0.4, 0.5) is 5.69 Å².